The summed E-state index contributed by atoms with van der Waals surface area (Å²) >= 11 is 0. The van der Waals surface area contributed by atoms with Gasteiger partial charge in [-0.05, 0) is 63.8 Å². The molecule has 2 nitrogen and oxygen atoms in total. The average Bonchev–Trinajstić information content (AvgIpc) is 2.79. The van der Waals surface area contributed by atoms with Gasteiger partial charge in [0, 0.05) is 43.4 Å². The smallest absolute Gasteiger partial charge is 0.127 e. The minimum Gasteiger partial charge on any atom is -0.507 e. The van der Waals surface area contributed by atoms with Crippen LogP contribution in [0.1, 0.15) is 105 Å². The largest absolute Gasteiger partial charge is 0.507 e. The van der Waals surface area contributed by atoms with Crippen LogP contribution < -0.4 is 4.74 Å². The highest BCUT2D eigenvalue weighted by molar-refractivity contribution is 5.53. The molecule has 0 spiro atoms. The van der Waals surface area contributed by atoms with Crippen LogP contribution in [-0.2, 0) is 6.37 Å². The van der Waals surface area contributed by atoms with E-state index >= 15 is 0 Å². The van der Waals surface area contributed by atoms with E-state index in [-0.39, 0.29) is 0 Å². The molecule has 0 amide bonds. The second-order valence-corrected chi connectivity index (χ2v) is 5.55. The maximum Gasteiger partial charge on any atom is 0.127 e. The zero-order chi connectivity index (χ0) is 35.0. The normalized spacial score (nSPS) is 49.7. The number of hydrogen-bond acceptors (Lipinski definition) is 2. The third kappa shape index (κ3) is 3.13. The van der Waals surface area contributed by atoms with E-state index in [4.69, 9.17) is 32.2 Å². The number of benzene rings is 1. The van der Waals surface area contributed by atoms with Crippen molar-refractivity contribution in [1.29, 1.82) is 0 Å². The van der Waals surface area contributed by atoms with Crippen molar-refractivity contribution in [3.63, 3.8) is 0 Å². The molecule has 23 heavy (non-hydrogen) atoms. The highest BCUT2D eigenvalue weighted by Gasteiger charge is 2.45. The maximum atomic E-state index is 11.2. The molecular weight excluding hydrogens is 284 g/mol. The Kier molecular flexibility index (Phi) is 1.24. The van der Waals surface area contributed by atoms with Gasteiger partial charge in [-0.25, -0.2) is 0 Å². The second kappa shape index (κ2) is 6.22. The lowest BCUT2D eigenvalue weighted by atomic mass is 9.68. The van der Waals surface area contributed by atoms with Crippen LogP contribution in [0.25, 0.3) is 0 Å². The third-order valence-corrected chi connectivity index (χ3v) is 3.59. The summed E-state index contributed by atoms with van der Waals surface area (Å²) in [5.41, 5.74) is -5.50. The molecule has 0 fully saturated rings. The monoisotopic (exact) mass is 335 g/mol. The van der Waals surface area contributed by atoms with Gasteiger partial charge in [0.15, 0.2) is 0 Å². The first-order valence-corrected chi connectivity index (χ1v) is 6.83. The maximum absolute atomic E-state index is 11.2. The second-order valence-electron chi connectivity index (χ2n) is 5.55. The number of phenolic OH excluding ortho intramolecular Hbond substituents is 1. The first kappa shape index (κ1) is 4.59. The molecule has 3 rings (SSSR count). The molecule has 0 radical (unpaired) electrons. The standard InChI is InChI=1S/C21H30O2/c1-5-6-7-8-15-12-18(22)20-16-11-14(2)9-10-17(16)21(3,4)23-19(20)13-15/h11-13,16-17,22H,5-10H2,1-4H3/t16-,17-/m1/s1/i1D3,2D3,5D2,6D2,7D2,8D2,9D2,10D2,12D,13D,17D. The predicted molar refractivity (Wildman–Crippen MR) is 95.3 cm³/mol. The molecule has 0 unspecified atom stereocenters. The number of rotatable bonds is 4. The summed E-state index contributed by atoms with van der Waals surface area (Å²) in [5.74, 6) is -7.01. The minimum atomic E-state index is -4.17. The van der Waals surface area contributed by atoms with Gasteiger partial charge in [-0.2, -0.15) is 0 Å². The van der Waals surface area contributed by atoms with Crippen LogP contribution in [0.4, 0.5) is 0 Å². The van der Waals surface area contributed by atoms with Crippen LogP contribution in [0.3, 0.4) is 0 Å². The molecule has 0 aromatic heterocycles. The summed E-state index contributed by atoms with van der Waals surface area (Å²) in [6, 6.07) is -2.66. The van der Waals surface area contributed by atoms with Crippen LogP contribution in [0, 0.1) is 5.89 Å². The number of aromatic hydroxyl groups is 1. The van der Waals surface area contributed by atoms with E-state index in [1.165, 1.54) is 0 Å². The van der Waals surface area contributed by atoms with Crippen LogP contribution >= 0.6 is 0 Å². The SMILES string of the molecule is [2H]c1c(O)c2c(c([2H])c1C([2H])([2H])C([2H])([2H])C([2H])([2H])C([2H])([2H])C([2H])([2H])[2H])OC(C)(C)[C@@]1([2H])[C@H]2C=C(C([2H])([2H])[2H])C([2H])([2H])C1([2H])[2H]. The van der Waals surface area contributed by atoms with Gasteiger partial charge in [-0.3, -0.25) is 0 Å². The van der Waals surface area contributed by atoms with Crippen molar-refractivity contribution in [2.45, 2.75) is 77.3 Å². The number of allylic oxidation sites excluding steroid dienone is 2. The first-order chi connectivity index (χ1) is 19.0. The third-order valence-electron chi connectivity index (χ3n) is 3.59. The predicted octanol–water partition coefficient (Wildman–Crippen LogP) is 5.74. The zero-order valence-corrected chi connectivity index (χ0v) is 12.5. The topological polar surface area (TPSA) is 29.5 Å². The number of phenols is 1. The molecule has 2 atom stereocenters. The van der Waals surface area contributed by atoms with Crippen molar-refractivity contribution >= 4 is 0 Å². The van der Waals surface area contributed by atoms with Crippen molar-refractivity contribution in [3.05, 3.63) is 34.9 Å². The molecular formula is C21H30O2. The van der Waals surface area contributed by atoms with Gasteiger partial charge in [0.2, 0.25) is 0 Å². The molecule has 1 aromatic carbocycles. The molecule has 2 aliphatic rings. The van der Waals surface area contributed by atoms with Gasteiger partial charge in [-0.15, -0.1) is 0 Å². The molecule has 1 aliphatic heterocycles. The van der Waals surface area contributed by atoms with Crippen molar-refractivity contribution < 1.29 is 38.6 Å². The fourth-order valence-electron chi connectivity index (χ4n) is 2.63. The molecule has 0 saturated heterocycles. The molecule has 1 N–H and O–H groups in total. The lowest BCUT2D eigenvalue weighted by molar-refractivity contribution is 0.0107. The average molecular weight is 336 g/mol. The molecule has 1 aliphatic carbocycles. The Morgan fingerprint density at radius 2 is 2.39 bits per heavy atom. The summed E-state index contributed by atoms with van der Waals surface area (Å²) in [7, 11) is 0. The molecule has 0 bridgehead atoms. The van der Waals surface area contributed by atoms with Crippen LogP contribution in [0.15, 0.2) is 23.7 Å². The highest BCUT2D eigenvalue weighted by atomic mass is 16.5. The van der Waals surface area contributed by atoms with Gasteiger partial charge in [-0.1, -0.05) is 31.2 Å². The lowest BCUT2D eigenvalue weighted by Gasteiger charge is -2.46. The minimum absolute atomic E-state index is 0.667. The summed E-state index contributed by atoms with van der Waals surface area (Å²) < 4.78 is 177. The zero-order valence-electron chi connectivity index (χ0n) is 33.5. The Labute approximate surface area is 170 Å². The van der Waals surface area contributed by atoms with E-state index in [9.17, 15) is 6.48 Å². The summed E-state index contributed by atoms with van der Waals surface area (Å²) in [6.07, 6.45) is -22.3. The summed E-state index contributed by atoms with van der Waals surface area (Å²) in [5, 5.41) is 11.2. The van der Waals surface area contributed by atoms with Crippen LogP contribution in [0.2, 0.25) is 0 Å². The van der Waals surface area contributed by atoms with E-state index in [2.05, 4.69) is 0 Å². The fraction of sp³-hybridized carbons (Fsp3) is 0.619. The first-order valence-electron chi connectivity index (χ1n) is 17.3. The van der Waals surface area contributed by atoms with Crippen molar-refractivity contribution in [1.82, 2.24) is 0 Å². The van der Waals surface area contributed by atoms with E-state index in [0.29, 0.717) is 6.08 Å². The van der Waals surface area contributed by atoms with Crippen LogP contribution in [0.5, 0.6) is 11.5 Å². The molecule has 126 valence electrons. The van der Waals surface area contributed by atoms with Crippen molar-refractivity contribution in [2.24, 2.45) is 5.89 Å². The Hall–Kier alpha value is -1.44. The van der Waals surface area contributed by atoms with Gasteiger partial charge in [0.05, 0.1) is 2.74 Å². The van der Waals surface area contributed by atoms with E-state index in [1.807, 2.05) is 0 Å². The Morgan fingerprint density at radius 1 is 1.52 bits per heavy atom. The van der Waals surface area contributed by atoms with E-state index < -0.39 is 110 Å². The number of ether oxygens (including phenoxy) is 1. The highest BCUT2D eigenvalue weighted by Crippen LogP contribution is 2.53. The van der Waals surface area contributed by atoms with Gasteiger partial charge < -0.3 is 9.84 Å². The van der Waals surface area contributed by atoms with Crippen molar-refractivity contribution in [2.75, 3.05) is 0 Å². The van der Waals surface area contributed by atoms with E-state index in [0.717, 1.165) is 13.8 Å². The molecule has 1 aromatic rings. The van der Waals surface area contributed by atoms with Gasteiger partial charge in [0.25, 0.3) is 0 Å². The Morgan fingerprint density at radius 3 is 3.17 bits per heavy atom. The number of hydrogen-bond donors (Lipinski definition) is 1. The Bertz CT molecular complexity index is 1400. The summed E-state index contributed by atoms with van der Waals surface area (Å²) in [4.78, 5) is 0. The quantitative estimate of drug-likeness (QED) is 0.711. The fourth-order valence-corrected chi connectivity index (χ4v) is 2.63. The molecule has 2 heteroatoms. The Balaban J connectivity index is 2.48. The molecule has 0 saturated carbocycles. The van der Waals surface area contributed by atoms with Crippen LogP contribution in [-0.4, -0.2) is 10.7 Å². The van der Waals surface area contributed by atoms with E-state index in [1.54, 1.807) is 0 Å². The van der Waals surface area contributed by atoms with Crippen molar-refractivity contribution in [3.8, 4) is 11.5 Å². The molecule has 1 heterocycles. The van der Waals surface area contributed by atoms with Gasteiger partial charge >= 0.3 is 0 Å². The number of fused-ring (bicyclic) bond motifs is 3. The summed E-state index contributed by atoms with van der Waals surface area (Å²) in [6.45, 7) is -4.92. The van der Waals surface area contributed by atoms with Gasteiger partial charge in [0.1, 0.15) is 17.1 Å². The lowest BCUT2D eigenvalue weighted by Crippen LogP contribution is -2.45.